The lowest BCUT2D eigenvalue weighted by molar-refractivity contribution is 0.102. The van der Waals surface area contributed by atoms with Crippen molar-refractivity contribution in [2.45, 2.75) is 0 Å². The summed E-state index contributed by atoms with van der Waals surface area (Å²) in [6.45, 7) is 0. The Morgan fingerprint density at radius 1 is 1.33 bits per heavy atom. The lowest BCUT2D eigenvalue weighted by Gasteiger charge is -2.08. The molecule has 0 fully saturated rings. The van der Waals surface area contributed by atoms with Gasteiger partial charge in [-0.25, -0.2) is 0 Å². The summed E-state index contributed by atoms with van der Waals surface area (Å²) in [4.78, 5) is 12.4. The van der Waals surface area contributed by atoms with Crippen LogP contribution in [0.25, 0.3) is 5.69 Å². The van der Waals surface area contributed by atoms with Gasteiger partial charge in [0.2, 0.25) is 0 Å². The number of aryl methyl sites for hydroxylation is 1. The van der Waals surface area contributed by atoms with Crippen LogP contribution in [-0.4, -0.2) is 41.1 Å². The third-order valence-corrected chi connectivity index (χ3v) is 2.88. The molecule has 0 bridgehead atoms. The van der Waals surface area contributed by atoms with Crippen LogP contribution in [0.2, 0.25) is 5.02 Å². The van der Waals surface area contributed by atoms with Gasteiger partial charge in [0, 0.05) is 12.1 Å². The van der Waals surface area contributed by atoms with Crippen LogP contribution >= 0.6 is 11.6 Å². The molecular weight excluding hydrogens is 296 g/mol. The Kier molecular flexibility index (Phi) is 3.32. The van der Waals surface area contributed by atoms with Crippen molar-refractivity contribution in [2.24, 2.45) is 7.05 Å². The first kappa shape index (κ1) is 13.2. The minimum absolute atomic E-state index is 0.320. The van der Waals surface area contributed by atoms with Crippen molar-refractivity contribution in [3.63, 3.8) is 0 Å². The van der Waals surface area contributed by atoms with Crippen LogP contribution < -0.4 is 5.32 Å². The maximum absolute atomic E-state index is 12.4. The first-order valence-corrected chi connectivity index (χ1v) is 6.22. The van der Waals surface area contributed by atoms with E-state index < -0.39 is 0 Å². The van der Waals surface area contributed by atoms with Crippen molar-refractivity contribution in [2.75, 3.05) is 5.32 Å². The number of anilines is 1. The summed E-state index contributed by atoms with van der Waals surface area (Å²) < 4.78 is 2.86. The Balaban J connectivity index is 1.97. The molecule has 0 atom stereocenters. The van der Waals surface area contributed by atoms with Gasteiger partial charge in [0.1, 0.15) is 6.33 Å². The molecule has 0 aliphatic carbocycles. The quantitative estimate of drug-likeness (QED) is 0.764. The Bertz CT molecular complexity index is 781. The van der Waals surface area contributed by atoms with Crippen LogP contribution in [0.5, 0.6) is 0 Å². The smallest absolute Gasteiger partial charge is 0.259 e. The third-order valence-electron chi connectivity index (χ3n) is 2.64. The monoisotopic (exact) mass is 304 g/mol. The standard InChI is InChI=1S/C11H9ClN8O/c1-19-5-10(15-17-19)14-11(21)8-4-7(12)2-3-9(8)20-6-13-16-18-20/h2-6H,1H3,(H,14,21). The molecule has 0 aliphatic rings. The van der Waals surface area contributed by atoms with Crippen LogP contribution in [0.3, 0.4) is 0 Å². The van der Waals surface area contributed by atoms with E-state index in [1.54, 1.807) is 25.4 Å². The highest BCUT2D eigenvalue weighted by Gasteiger charge is 2.16. The van der Waals surface area contributed by atoms with Gasteiger partial charge in [0.15, 0.2) is 5.82 Å². The maximum atomic E-state index is 12.4. The van der Waals surface area contributed by atoms with E-state index in [1.165, 1.54) is 21.8 Å². The van der Waals surface area contributed by atoms with Gasteiger partial charge >= 0.3 is 0 Å². The molecule has 10 heteroatoms. The molecule has 0 aliphatic heterocycles. The van der Waals surface area contributed by atoms with Gasteiger partial charge in [-0.3, -0.25) is 9.48 Å². The second kappa shape index (κ2) is 5.29. The summed E-state index contributed by atoms with van der Waals surface area (Å²) in [5.74, 6) is -0.0476. The SMILES string of the molecule is Cn1cc(NC(=O)c2cc(Cl)ccc2-n2cnnn2)nn1. The van der Waals surface area contributed by atoms with Crippen molar-refractivity contribution in [1.29, 1.82) is 0 Å². The predicted octanol–water partition coefficient (Wildman–Crippen LogP) is 0.696. The summed E-state index contributed by atoms with van der Waals surface area (Å²) >= 11 is 5.96. The largest absolute Gasteiger partial charge is 0.304 e. The van der Waals surface area contributed by atoms with E-state index in [0.717, 1.165) is 0 Å². The molecule has 106 valence electrons. The number of halogens is 1. The van der Waals surface area contributed by atoms with E-state index >= 15 is 0 Å². The molecule has 2 aromatic heterocycles. The number of hydrogen-bond acceptors (Lipinski definition) is 6. The van der Waals surface area contributed by atoms with Gasteiger partial charge in [0.25, 0.3) is 5.91 Å². The van der Waals surface area contributed by atoms with E-state index in [-0.39, 0.29) is 5.91 Å². The lowest BCUT2D eigenvalue weighted by atomic mass is 10.1. The highest BCUT2D eigenvalue weighted by Crippen LogP contribution is 2.20. The molecule has 0 unspecified atom stereocenters. The van der Waals surface area contributed by atoms with Crippen LogP contribution in [0.15, 0.2) is 30.7 Å². The minimum atomic E-state index is -0.386. The van der Waals surface area contributed by atoms with E-state index in [0.29, 0.717) is 22.1 Å². The van der Waals surface area contributed by atoms with E-state index in [4.69, 9.17) is 11.6 Å². The second-order valence-corrected chi connectivity index (χ2v) is 4.58. The number of rotatable bonds is 3. The average Bonchev–Trinajstić information content (AvgIpc) is 3.10. The van der Waals surface area contributed by atoms with E-state index in [2.05, 4.69) is 31.2 Å². The first-order chi connectivity index (χ1) is 10.1. The number of carbonyl (C=O) groups is 1. The Morgan fingerprint density at radius 2 is 2.19 bits per heavy atom. The van der Waals surface area contributed by atoms with Crippen molar-refractivity contribution in [3.05, 3.63) is 41.3 Å². The van der Waals surface area contributed by atoms with Crippen LogP contribution in [0, 0.1) is 0 Å². The highest BCUT2D eigenvalue weighted by molar-refractivity contribution is 6.31. The maximum Gasteiger partial charge on any atom is 0.259 e. The Morgan fingerprint density at radius 3 is 2.86 bits per heavy atom. The molecule has 21 heavy (non-hydrogen) atoms. The summed E-state index contributed by atoms with van der Waals surface area (Å²) in [6, 6.07) is 4.84. The van der Waals surface area contributed by atoms with Crippen LogP contribution in [0.4, 0.5) is 5.82 Å². The zero-order chi connectivity index (χ0) is 14.8. The van der Waals surface area contributed by atoms with E-state index in [1.807, 2.05) is 0 Å². The summed E-state index contributed by atoms with van der Waals surface area (Å²) in [7, 11) is 1.70. The fourth-order valence-corrected chi connectivity index (χ4v) is 1.92. The molecule has 1 aromatic carbocycles. The molecule has 0 saturated heterocycles. The highest BCUT2D eigenvalue weighted by atomic mass is 35.5. The number of nitrogens with one attached hydrogen (secondary N) is 1. The molecule has 0 saturated carbocycles. The Hall–Kier alpha value is -2.81. The number of carbonyl (C=O) groups excluding carboxylic acids is 1. The van der Waals surface area contributed by atoms with Gasteiger partial charge in [-0.05, 0) is 28.6 Å². The molecule has 3 rings (SSSR count). The molecular formula is C11H9ClN8O. The number of aromatic nitrogens is 7. The minimum Gasteiger partial charge on any atom is -0.304 e. The summed E-state index contributed by atoms with van der Waals surface area (Å²) in [5, 5.41) is 21.5. The van der Waals surface area contributed by atoms with Gasteiger partial charge < -0.3 is 5.32 Å². The molecule has 2 heterocycles. The number of nitrogens with zero attached hydrogens (tertiary/aromatic N) is 7. The fraction of sp³-hybridized carbons (Fsp3) is 0.0909. The van der Waals surface area contributed by atoms with Crippen molar-refractivity contribution in [1.82, 2.24) is 35.2 Å². The number of hydrogen-bond donors (Lipinski definition) is 1. The van der Waals surface area contributed by atoms with E-state index in [9.17, 15) is 4.79 Å². The average molecular weight is 305 g/mol. The van der Waals surface area contributed by atoms with Crippen molar-refractivity contribution in [3.8, 4) is 5.69 Å². The number of tetrazole rings is 1. The zero-order valence-corrected chi connectivity index (χ0v) is 11.6. The molecule has 1 amide bonds. The fourth-order valence-electron chi connectivity index (χ4n) is 1.75. The van der Waals surface area contributed by atoms with Crippen LogP contribution in [0.1, 0.15) is 10.4 Å². The van der Waals surface area contributed by atoms with Crippen molar-refractivity contribution >= 4 is 23.3 Å². The molecule has 1 N–H and O–H groups in total. The Labute approximate surface area is 123 Å². The molecule has 3 aromatic rings. The van der Waals surface area contributed by atoms with Gasteiger partial charge in [-0.1, -0.05) is 16.8 Å². The summed E-state index contributed by atoms with van der Waals surface area (Å²) in [6.07, 6.45) is 2.97. The molecule has 0 radical (unpaired) electrons. The number of benzene rings is 1. The summed E-state index contributed by atoms with van der Waals surface area (Å²) in [5.41, 5.74) is 0.825. The number of amides is 1. The van der Waals surface area contributed by atoms with Gasteiger partial charge in [-0.2, -0.15) is 4.68 Å². The zero-order valence-electron chi connectivity index (χ0n) is 10.8. The first-order valence-electron chi connectivity index (χ1n) is 5.84. The second-order valence-electron chi connectivity index (χ2n) is 4.15. The predicted molar refractivity (Wildman–Crippen MR) is 73.1 cm³/mol. The van der Waals surface area contributed by atoms with Gasteiger partial charge in [-0.15, -0.1) is 10.2 Å². The van der Waals surface area contributed by atoms with Gasteiger partial charge in [0.05, 0.1) is 17.4 Å². The normalized spacial score (nSPS) is 10.6. The third kappa shape index (κ3) is 2.72. The lowest BCUT2D eigenvalue weighted by Crippen LogP contribution is -2.15. The van der Waals surface area contributed by atoms with Crippen LogP contribution in [-0.2, 0) is 7.05 Å². The molecule has 9 nitrogen and oxygen atoms in total. The van der Waals surface area contributed by atoms with Crippen molar-refractivity contribution < 1.29 is 4.79 Å². The molecule has 0 spiro atoms. The topological polar surface area (TPSA) is 103 Å².